The summed E-state index contributed by atoms with van der Waals surface area (Å²) in [6, 6.07) is 1.14. The summed E-state index contributed by atoms with van der Waals surface area (Å²) in [5.74, 6) is -0.972. The van der Waals surface area contributed by atoms with Crippen LogP contribution in [0.5, 0.6) is 0 Å². The second-order valence-corrected chi connectivity index (χ2v) is 10.2. The molecule has 2 atom stereocenters. The maximum absolute atomic E-state index is 13.1. The third-order valence-corrected chi connectivity index (χ3v) is 6.70. The number of amides is 4. The molecule has 4 amide bonds. The third kappa shape index (κ3) is 4.35. The fourth-order valence-corrected chi connectivity index (χ4v) is 5.90. The van der Waals surface area contributed by atoms with E-state index < -0.39 is 23.4 Å². The zero-order valence-corrected chi connectivity index (χ0v) is 18.9. The Morgan fingerprint density at radius 2 is 2.03 bits per heavy atom. The number of nitrogens with zero attached hydrogens (tertiary/aromatic N) is 1. The molecule has 1 saturated carbocycles. The van der Waals surface area contributed by atoms with Gasteiger partial charge >= 0.3 is 12.0 Å². The molecule has 0 aromatic carbocycles. The molecule has 1 aliphatic heterocycles. The molecule has 2 aliphatic rings. The molecule has 0 unspecified atom stereocenters. The van der Waals surface area contributed by atoms with Crippen molar-refractivity contribution in [3.63, 3.8) is 0 Å². The molecule has 1 aliphatic carbocycles. The first-order chi connectivity index (χ1) is 14.0. The van der Waals surface area contributed by atoms with Crippen LogP contribution in [-0.2, 0) is 14.3 Å². The summed E-state index contributed by atoms with van der Waals surface area (Å²) in [4.78, 5) is 51.6. The molecule has 1 aromatic heterocycles. The van der Waals surface area contributed by atoms with Gasteiger partial charge in [-0.25, -0.2) is 9.59 Å². The Morgan fingerprint density at radius 1 is 1.33 bits per heavy atom. The minimum atomic E-state index is -0.935. The normalized spacial score (nSPS) is 25.4. The van der Waals surface area contributed by atoms with Crippen molar-refractivity contribution < 1.29 is 23.9 Å². The summed E-state index contributed by atoms with van der Waals surface area (Å²) in [6.45, 7) is 9.65. The first kappa shape index (κ1) is 22.3. The number of anilines is 1. The average molecular weight is 436 g/mol. The minimum absolute atomic E-state index is 0.0726. The molecule has 30 heavy (non-hydrogen) atoms. The number of carbonyl (C=O) groups is 4. The van der Waals surface area contributed by atoms with E-state index in [9.17, 15) is 19.2 Å². The molecule has 2 fully saturated rings. The van der Waals surface area contributed by atoms with E-state index in [-0.39, 0.29) is 24.5 Å². The zero-order valence-electron chi connectivity index (χ0n) is 18.1. The van der Waals surface area contributed by atoms with Crippen molar-refractivity contribution >= 4 is 40.2 Å². The van der Waals surface area contributed by atoms with Gasteiger partial charge in [-0.1, -0.05) is 20.8 Å². The highest BCUT2D eigenvalue weighted by molar-refractivity contribution is 7.18. The summed E-state index contributed by atoms with van der Waals surface area (Å²) >= 11 is 1.11. The highest BCUT2D eigenvalue weighted by Crippen LogP contribution is 2.46. The lowest BCUT2D eigenvalue weighted by Crippen LogP contribution is -2.54. The summed E-state index contributed by atoms with van der Waals surface area (Å²) in [5, 5.41) is 6.02. The van der Waals surface area contributed by atoms with Crippen molar-refractivity contribution in [3.05, 3.63) is 16.5 Å². The summed E-state index contributed by atoms with van der Waals surface area (Å²) in [7, 11) is 0. The zero-order chi connectivity index (χ0) is 22.3. The Bertz CT molecular complexity index is 893. The van der Waals surface area contributed by atoms with E-state index >= 15 is 0 Å². The lowest BCUT2D eigenvalue weighted by molar-refractivity contribution is -0.136. The van der Waals surface area contributed by atoms with Gasteiger partial charge in [0.25, 0.3) is 5.91 Å². The fourth-order valence-electron chi connectivity index (χ4n) is 4.91. The van der Waals surface area contributed by atoms with Crippen LogP contribution < -0.4 is 10.6 Å². The Hall–Kier alpha value is -2.42. The predicted octanol–water partition coefficient (Wildman–Crippen LogP) is 3.31. The Labute approximate surface area is 180 Å². The van der Waals surface area contributed by atoms with Crippen LogP contribution in [0.25, 0.3) is 0 Å². The maximum Gasteiger partial charge on any atom is 0.348 e. The van der Waals surface area contributed by atoms with Crippen molar-refractivity contribution in [2.45, 2.75) is 59.4 Å². The number of urea groups is 1. The quantitative estimate of drug-likeness (QED) is 0.545. The summed E-state index contributed by atoms with van der Waals surface area (Å²) < 4.78 is 5.00. The van der Waals surface area contributed by atoms with Gasteiger partial charge in [-0.3, -0.25) is 14.5 Å². The molecule has 3 rings (SSSR count). The second kappa shape index (κ2) is 8.02. The van der Waals surface area contributed by atoms with E-state index in [2.05, 4.69) is 31.4 Å². The molecular weight excluding hydrogens is 406 g/mol. The molecule has 0 bridgehead atoms. The van der Waals surface area contributed by atoms with Gasteiger partial charge in [0.2, 0.25) is 5.91 Å². The minimum Gasteiger partial charge on any atom is -0.462 e. The molecule has 2 N–H and O–H groups in total. The Morgan fingerprint density at radius 3 is 2.67 bits per heavy atom. The van der Waals surface area contributed by atoms with Crippen LogP contribution in [-0.4, -0.2) is 47.4 Å². The van der Waals surface area contributed by atoms with Gasteiger partial charge in [0.15, 0.2) is 0 Å². The monoisotopic (exact) mass is 435 g/mol. The maximum atomic E-state index is 13.1. The summed E-state index contributed by atoms with van der Waals surface area (Å²) in [5.41, 5.74) is -0.312. The van der Waals surface area contributed by atoms with E-state index in [0.29, 0.717) is 34.2 Å². The number of hydrogen-bond donors (Lipinski definition) is 2. The van der Waals surface area contributed by atoms with Crippen molar-refractivity contribution in [2.75, 3.05) is 18.5 Å². The van der Waals surface area contributed by atoms with Crippen LogP contribution in [0.3, 0.4) is 0 Å². The SMILES string of the molecule is CCOC(=O)c1sc(NC(=O)CN2C(=O)N[C@]3(C[C@@H](C)CC(C)(C)C3)C2=O)cc1C. The van der Waals surface area contributed by atoms with E-state index in [4.69, 9.17) is 4.74 Å². The molecule has 1 saturated heterocycles. The van der Waals surface area contributed by atoms with E-state index in [1.165, 1.54) is 0 Å². The number of aryl methyl sites for hydroxylation is 1. The van der Waals surface area contributed by atoms with Gasteiger partial charge in [0, 0.05) is 0 Å². The Kier molecular flexibility index (Phi) is 5.95. The summed E-state index contributed by atoms with van der Waals surface area (Å²) in [6.07, 6.45) is 2.12. The number of imide groups is 1. The number of carbonyl (C=O) groups excluding carboxylic acids is 4. The van der Waals surface area contributed by atoms with Crippen LogP contribution in [0, 0.1) is 18.3 Å². The Balaban J connectivity index is 1.69. The lowest BCUT2D eigenvalue weighted by Gasteiger charge is -2.43. The molecular formula is C21H29N3O5S. The van der Waals surface area contributed by atoms with Crippen LogP contribution in [0.1, 0.15) is 62.2 Å². The van der Waals surface area contributed by atoms with Crippen molar-refractivity contribution in [1.82, 2.24) is 10.2 Å². The molecule has 2 heterocycles. The van der Waals surface area contributed by atoms with Gasteiger partial charge in [-0.2, -0.15) is 0 Å². The van der Waals surface area contributed by atoms with Crippen LogP contribution >= 0.6 is 11.3 Å². The van der Waals surface area contributed by atoms with Crippen LogP contribution in [0.4, 0.5) is 9.80 Å². The fraction of sp³-hybridized carbons (Fsp3) is 0.619. The number of rotatable bonds is 5. The second-order valence-electron chi connectivity index (χ2n) is 9.15. The van der Waals surface area contributed by atoms with Gasteiger partial charge < -0.3 is 15.4 Å². The molecule has 164 valence electrons. The number of nitrogens with one attached hydrogen (secondary N) is 2. The van der Waals surface area contributed by atoms with Gasteiger partial charge in [0.1, 0.15) is 17.0 Å². The van der Waals surface area contributed by atoms with Crippen LogP contribution in [0.15, 0.2) is 6.07 Å². The first-order valence-electron chi connectivity index (χ1n) is 10.2. The van der Waals surface area contributed by atoms with Gasteiger partial charge in [0.05, 0.1) is 11.6 Å². The van der Waals surface area contributed by atoms with E-state index in [1.807, 2.05) is 0 Å². The van der Waals surface area contributed by atoms with E-state index in [0.717, 1.165) is 22.7 Å². The average Bonchev–Trinajstić information content (AvgIpc) is 3.06. The molecule has 0 radical (unpaired) electrons. The predicted molar refractivity (Wildman–Crippen MR) is 113 cm³/mol. The molecule has 1 spiro atoms. The lowest BCUT2D eigenvalue weighted by atomic mass is 9.64. The highest BCUT2D eigenvalue weighted by Gasteiger charge is 2.56. The molecule has 8 nitrogen and oxygen atoms in total. The third-order valence-electron chi connectivity index (χ3n) is 5.57. The van der Waals surface area contributed by atoms with Crippen molar-refractivity contribution in [3.8, 4) is 0 Å². The smallest absolute Gasteiger partial charge is 0.348 e. The molecule has 9 heteroatoms. The van der Waals surface area contributed by atoms with Crippen molar-refractivity contribution in [2.24, 2.45) is 11.3 Å². The largest absolute Gasteiger partial charge is 0.462 e. The number of ether oxygens (including phenoxy) is 1. The molecule has 1 aromatic rings. The highest BCUT2D eigenvalue weighted by atomic mass is 32.1. The topological polar surface area (TPSA) is 105 Å². The standard InChI is InChI=1S/C21H29N3O5S/c1-6-29-17(26)16-13(3)7-15(30-16)22-14(25)10-24-18(27)21(23-19(24)28)9-12(2)8-20(4,5)11-21/h7,12H,6,8-11H2,1-5H3,(H,22,25)(H,23,28)/t12-,21-/m0/s1. The number of esters is 1. The van der Waals surface area contributed by atoms with Crippen molar-refractivity contribution in [1.29, 1.82) is 0 Å². The van der Waals surface area contributed by atoms with Gasteiger partial charge in [-0.05, 0) is 56.1 Å². The first-order valence-corrected chi connectivity index (χ1v) is 11.0. The van der Waals surface area contributed by atoms with Crippen LogP contribution in [0.2, 0.25) is 0 Å². The number of hydrogen-bond acceptors (Lipinski definition) is 6. The number of thiophene rings is 1. The van der Waals surface area contributed by atoms with E-state index in [1.54, 1.807) is 19.9 Å². The van der Waals surface area contributed by atoms with Gasteiger partial charge in [-0.15, -0.1) is 11.3 Å².